The van der Waals surface area contributed by atoms with Gasteiger partial charge in [-0.15, -0.1) is 0 Å². The highest BCUT2D eigenvalue weighted by atomic mass is 19.1. The van der Waals surface area contributed by atoms with Crippen molar-refractivity contribution in [2.24, 2.45) is 0 Å². The van der Waals surface area contributed by atoms with Crippen molar-refractivity contribution in [1.29, 1.82) is 0 Å². The van der Waals surface area contributed by atoms with Crippen molar-refractivity contribution in [3.8, 4) is 0 Å². The summed E-state index contributed by atoms with van der Waals surface area (Å²) in [7, 11) is 1.44. The second-order valence-electron chi connectivity index (χ2n) is 6.73. The maximum absolute atomic E-state index is 14.3. The van der Waals surface area contributed by atoms with E-state index in [1.807, 2.05) is 12.1 Å². The minimum Gasteiger partial charge on any atom is -0.436 e. The lowest BCUT2D eigenvalue weighted by molar-refractivity contribution is -0.123. The van der Waals surface area contributed by atoms with Gasteiger partial charge in [0.05, 0.1) is 5.70 Å². The number of hydrogen-bond acceptors (Lipinski definition) is 6. The maximum Gasteiger partial charge on any atom is 0.234 e. The number of allylic oxidation sites excluding steroid dienone is 5. The van der Waals surface area contributed by atoms with Crippen LogP contribution in [-0.2, 0) is 19.0 Å². The number of hydrogen-bond donors (Lipinski definition) is 2. The average molecular weight is 411 g/mol. The zero-order valence-corrected chi connectivity index (χ0v) is 16.6. The summed E-state index contributed by atoms with van der Waals surface area (Å²) in [5.74, 6) is -0.200. The Morgan fingerprint density at radius 1 is 1.50 bits per heavy atom. The molecule has 1 aliphatic heterocycles. The molecule has 4 rings (SSSR count). The number of nitrogens with one attached hydrogen (secondary N) is 2. The molecule has 2 unspecified atom stereocenters. The summed E-state index contributed by atoms with van der Waals surface area (Å²) in [5, 5.41) is 3.77. The molecule has 1 aliphatic carbocycles. The van der Waals surface area contributed by atoms with Gasteiger partial charge in [0.15, 0.2) is 12.0 Å². The highest BCUT2D eigenvalue weighted by Crippen LogP contribution is 2.31. The zero-order valence-electron chi connectivity index (χ0n) is 16.6. The van der Waals surface area contributed by atoms with Crippen LogP contribution in [0.1, 0.15) is 18.9 Å². The smallest absolute Gasteiger partial charge is 0.234 e. The number of Topliss-reactive ketones (excluding diaryl/α,β-unsaturated/α-hetero) is 1. The molecule has 30 heavy (non-hydrogen) atoms. The standard InChI is InChI=1S/C22H22FN3O4/c1-3-29-22(28-2)18-19(27)17(11-13-12-25-20-14(13)7-6-10-24-20)30-21(18)26-16-9-5-4-8-15(16)23/h4-7,9-12,15,22,26H,3,8H2,1-2H3,(H,24,25)/b17-11-. The fourth-order valence-electron chi connectivity index (χ4n) is 3.36. The summed E-state index contributed by atoms with van der Waals surface area (Å²) in [6.45, 7) is 2.12. The highest BCUT2D eigenvalue weighted by molar-refractivity contribution is 6.13. The van der Waals surface area contributed by atoms with Crippen molar-refractivity contribution >= 4 is 22.9 Å². The van der Waals surface area contributed by atoms with Gasteiger partial charge in [0.25, 0.3) is 0 Å². The number of ketones is 1. The molecule has 0 spiro atoms. The lowest BCUT2D eigenvalue weighted by atomic mass is 10.1. The monoisotopic (exact) mass is 411 g/mol. The highest BCUT2D eigenvalue weighted by Gasteiger charge is 2.38. The van der Waals surface area contributed by atoms with Crippen molar-refractivity contribution in [3.63, 3.8) is 0 Å². The molecule has 156 valence electrons. The van der Waals surface area contributed by atoms with Gasteiger partial charge in [-0.2, -0.15) is 0 Å². The number of carbonyl (C=O) groups is 1. The molecule has 0 saturated carbocycles. The van der Waals surface area contributed by atoms with Crippen LogP contribution in [0.4, 0.5) is 4.39 Å². The van der Waals surface area contributed by atoms with Gasteiger partial charge < -0.3 is 24.5 Å². The number of ether oxygens (including phenoxy) is 3. The molecule has 2 aliphatic rings. The topological polar surface area (TPSA) is 85.5 Å². The minimum atomic E-state index is -1.22. The summed E-state index contributed by atoms with van der Waals surface area (Å²) in [6.07, 6.45) is 8.23. The number of fused-ring (bicyclic) bond motifs is 1. The Balaban J connectivity index is 1.70. The summed E-state index contributed by atoms with van der Waals surface area (Å²) >= 11 is 0. The lowest BCUT2D eigenvalue weighted by Crippen LogP contribution is -2.27. The van der Waals surface area contributed by atoms with E-state index >= 15 is 0 Å². The fourth-order valence-corrected chi connectivity index (χ4v) is 3.36. The average Bonchev–Trinajstić information content (AvgIpc) is 3.30. The van der Waals surface area contributed by atoms with Crippen LogP contribution in [-0.4, -0.2) is 41.9 Å². The number of pyridine rings is 1. The normalized spacial score (nSPS) is 21.3. The first-order chi connectivity index (χ1) is 14.6. The molecular weight excluding hydrogens is 389 g/mol. The van der Waals surface area contributed by atoms with Gasteiger partial charge in [-0.25, -0.2) is 9.37 Å². The van der Waals surface area contributed by atoms with Gasteiger partial charge in [-0.3, -0.25) is 4.79 Å². The Kier molecular flexibility index (Phi) is 5.78. The van der Waals surface area contributed by atoms with Crippen LogP contribution in [0, 0.1) is 0 Å². The van der Waals surface area contributed by atoms with E-state index in [0.29, 0.717) is 18.0 Å². The van der Waals surface area contributed by atoms with Gasteiger partial charge in [0.2, 0.25) is 11.7 Å². The first kappa shape index (κ1) is 20.1. The number of methoxy groups -OCH3 is 1. The Morgan fingerprint density at radius 3 is 3.13 bits per heavy atom. The summed E-state index contributed by atoms with van der Waals surface area (Å²) in [6, 6.07) is 3.70. The quantitative estimate of drug-likeness (QED) is 0.536. The third-order valence-electron chi connectivity index (χ3n) is 4.81. The number of nitrogens with zero attached hydrogens (tertiary/aromatic N) is 1. The second-order valence-corrected chi connectivity index (χ2v) is 6.73. The molecular formula is C22H22FN3O4. The molecule has 0 bridgehead atoms. The Hall–Kier alpha value is -3.23. The number of H-pyrrole nitrogens is 1. The van der Waals surface area contributed by atoms with Crippen molar-refractivity contribution in [3.05, 3.63) is 71.2 Å². The molecule has 8 heteroatoms. The molecule has 0 saturated heterocycles. The van der Waals surface area contributed by atoms with E-state index < -0.39 is 18.2 Å². The van der Waals surface area contributed by atoms with Crippen molar-refractivity contribution in [2.45, 2.75) is 25.8 Å². The number of aromatic nitrogens is 2. The Labute approximate surface area is 172 Å². The largest absolute Gasteiger partial charge is 0.436 e. The molecule has 2 N–H and O–H groups in total. The number of alkyl halides is 1. The molecule has 2 aromatic rings. The molecule has 0 fully saturated rings. The molecule has 0 aromatic carbocycles. The first-order valence-electron chi connectivity index (χ1n) is 9.65. The Morgan fingerprint density at radius 2 is 2.37 bits per heavy atom. The maximum atomic E-state index is 14.3. The van der Waals surface area contributed by atoms with E-state index in [2.05, 4.69) is 15.3 Å². The number of rotatable bonds is 7. The molecule has 0 radical (unpaired) electrons. The molecule has 2 aromatic heterocycles. The summed E-state index contributed by atoms with van der Waals surface area (Å²) in [5.41, 5.74) is 1.91. The summed E-state index contributed by atoms with van der Waals surface area (Å²) in [4.78, 5) is 20.5. The van der Waals surface area contributed by atoms with Gasteiger partial charge >= 0.3 is 0 Å². The van der Waals surface area contributed by atoms with Crippen molar-refractivity contribution in [2.75, 3.05) is 13.7 Å². The number of carbonyl (C=O) groups excluding carboxylic acids is 1. The molecule has 3 heterocycles. The molecule has 7 nitrogen and oxygen atoms in total. The van der Waals surface area contributed by atoms with E-state index in [0.717, 1.165) is 10.9 Å². The van der Waals surface area contributed by atoms with Gasteiger partial charge in [0, 0.05) is 43.5 Å². The van der Waals surface area contributed by atoms with Crippen LogP contribution in [0.3, 0.4) is 0 Å². The third-order valence-corrected chi connectivity index (χ3v) is 4.81. The first-order valence-corrected chi connectivity index (χ1v) is 9.65. The van der Waals surface area contributed by atoms with Gasteiger partial charge in [-0.1, -0.05) is 12.2 Å². The molecule has 0 amide bonds. The van der Waals surface area contributed by atoms with E-state index in [-0.39, 0.29) is 23.6 Å². The van der Waals surface area contributed by atoms with Crippen molar-refractivity contribution in [1.82, 2.24) is 15.3 Å². The fraction of sp³-hybridized carbons (Fsp3) is 0.273. The zero-order chi connectivity index (χ0) is 21.1. The van der Waals surface area contributed by atoms with Crippen LogP contribution >= 0.6 is 0 Å². The van der Waals surface area contributed by atoms with Crippen LogP contribution in [0.5, 0.6) is 0 Å². The van der Waals surface area contributed by atoms with Crippen LogP contribution < -0.4 is 5.32 Å². The minimum absolute atomic E-state index is 0.0846. The predicted octanol–water partition coefficient (Wildman–Crippen LogP) is 3.50. The van der Waals surface area contributed by atoms with Gasteiger partial charge in [-0.05, 0) is 31.2 Å². The predicted molar refractivity (Wildman–Crippen MR) is 109 cm³/mol. The third kappa shape index (κ3) is 3.79. The van der Waals surface area contributed by atoms with Crippen LogP contribution in [0.15, 0.2) is 65.7 Å². The Bertz CT molecular complexity index is 1080. The van der Waals surface area contributed by atoms with Gasteiger partial charge in [0.1, 0.15) is 17.4 Å². The van der Waals surface area contributed by atoms with E-state index in [9.17, 15) is 9.18 Å². The second kappa shape index (κ2) is 8.64. The summed E-state index contributed by atoms with van der Waals surface area (Å²) < 4.78 is 31.1. The van der Waals surface area contributed by atoms with Crippen LogP contribution in [0.2, 0.25) is 0 Å². The molecule has 2 atom stereocenters. The van der Waals surface area contributed by atoms with Crippen molar-refractivity contribution < 1.29 is 23.4 Å². The van der Waals surface area contributed by atoms with E-state index in [1.54, 1.807) is 43.6 Å². The van der Waals surface area contributed by atoms with E-state index in [1.165, 1.54) is 7.11 Å². The SMILES string of the molecule is CCOC(OC)C1=C(NC2=CC=CCC2F)O/C(=C\c2c[nH]c3ncccc23)C1=O. The number of halogens is 1. The van der Waals surface area contributed by atoms with E-state index in [4.69, 9.17) is 14.2 Å². The lowest BCUT2D eigenvalue weighted by Gasteiger charge is -2.19. The van der Waals surface area contributed by atoms with Crippen LogP contribution in [0.25, 0.3) is 17.1 Å². The number of aromatic amines is 1.